The summed E-state index contributed by atoms with van der Waals surface area (Å²) in [5, 5.41) is 21.4. The SMILES string of the molecule is CC(C)CCn1c(=O)c2ccccc2n2c(SCC(=O)Nc3ccc(CC#N)cc3)nnc12. The van der Waals surface area contributed by atoms with Crippen molar-refractivity contribution in [2.45, 2.75) is 38.4 Å². The molecular weight excluding hydrogens is 436 g/mol. The van der Waals surface area contributed by atoms with Gasteiger partial charge in [-0.2, -0.15) is 5.26 Å². The van der Waals surface area contributed by atoms with Gasteiger partial charge in [-0.1, -0.05) is 49.9 Å². The molecule has 0 saturated carbocycles. The Morgan fingerprint density at radius 1 is 1.15 bits per heavy atom. The minimum Gasteiger partial charge on any atom is -0.325 e. The highest BCUT2D eigenvalue weighted by atomic mass is 32.2. The van der Waals surface area contributed by atoms with Crippen LogP contribution in [0.25, 0.3) is 16.7 Å². The summed E-state index contributed by atoms with van der Waals surface area (Å²) in [6, 6.07) is 16.7. The van der Waals surface area contributed by atoms with Gasteiger partial charge in [0.15, 0.2) is 5.16 Å². The van der Waals surface area contributed by atoms with Crippen LogP contribution < -0.4 is 10.9 Å². The van der Waals surface area contributed by atoms with Crippen molar-refractivity contribution in [2.75, 3.05) is 11.1 Å². The van der Waals surface area contributed by atoms with Gasteiger partial charge < -0.3 is 5.32 Å². The highest BCUT2D eigenvalue weighted by molar-refractivity contribution is 7.99. The Balaban J connectivity index is 1.59. The van der Waals surface area contributed by atoms with E-state index < -0.39 is 0 Å². The summed E-state index contributed by atoms with van der Waals surface area (Å²) in [5.74, 6) is 0.885. The number of benzene rings is 2. The number of para-hydroxylation sites is 1. The first-order valence-electron chi connectivity index (χ1n) is 10.7. The van der Waals surface area contributed by atoms with Crippen molar-refractivity contribution in [2.24, 2.45) is 5.92 Å². The van der Waals surface area contributed by atoms with Crippen molar-refractivity contribution in [3.8, 4) is 6.07 Å². The van der Waals surface area contributed by atoms with E-state index in [1.807, 2.05) is 34.7 Å². The van der Waals surface area contributed by atoms with Gasteiger partial charge in [-0.05, 0) is 42.2 Å². The Bertz CT molecular complexity index is 1400. The van der Waals surface area contributed by atoms with Gasteiger partial charge in [-0.3, -0.25) is 18.6 Å². The lowest BCUT2D eigenvalue weighted by Crippen LogP contribution is -2.24. The van der Waals surface area contributed by atoms with Crippen molar-refractivity contribution in [1.82, 2.24) is 19.2 Å². The summed E-state index contributed by atoms with van der Waals surface area (Å²) < 4.78 is 3.52. The number of carbonyl (C=O) groups is 1. The van der Waals surface area contributed by atoms with Gasteiger partial charge >= 0.3 is 0 Å². The van der Waals surface area contributed by atoms with Gasteiger partial charge in [0.05, 0.1) is 29.1 Å². The first-order valence-corrected chi connectivity index (χ1v) is 11.7. The number of nitrogens with one attached hydrogen (secondary N) is 1. The molecule has 33 heavy (non-hydrogen) atoms. The second-order valence-electron chi connectivity index (χ2n) is 8.14. The Morgan fingerprint density at radius 2 is 1.91 bits per heavy atom. The highest BCUT2D eigenvalue weighted by Crippen LogP contribution is 2.22. The van der Waals surface area contributed by atoms with E-state index in [-0.39, 0.29) is 17.2 Å². The normalized spacial score (nSPS) is 11.2. The molecule has 0 unspecified atom stereocenters. The maximum atomic E-state index is 13.1. The number of fused-ring (bicyclic) bond motifs is 3. The van der Waals surface area contributed by atoms with Crippen LogP contribution in [-0.4, -0.2) is 30.8 Å². The van der Waals surface area contributed by atoms with Crippen LogP contribution in [0.3, 0.4) is 0 Å². The minimum atomic E-state index is -0.179. The van der Waals surface area contributed by atoms with Gasteiger partial charge in [0, 0.05) is 12.2 Å². The molecule has 0 aliphatic carbocycles. The second-order valence-corrected chi connectivity index (χ2v) is 9.09. The summed E-state index contributed by atoms with van der Waals surface area (Å²) in [5.41, 5.74) is 2.20. The lowest BCUT2D eigenvalue weighted by Gasteiger charge is -2.12. The molecule has 0 aliphatic heterocycles. The first kappa shape index (κ1) is 22.6. The fourth-order valence-electron chi connectivity index (χ4n) is 3.54. The molecule has 4 aromatic rings. The van der Waals surface area contributed by atoms with Gasteiger partial charge in [-0.15, -0.1) is 10.2 Å². The van der Waals surface area contributed by atoms with Gasteiger partial charge in [0.1, 0.15) is 0 Å². The Kier molecular flexibility index (Phi) is 6.75. The van der Waals surface area contributed by atoms with E-state index in [9.17, 15) is 9.59 Å². The third-order valence-electron chi connectivity index (χ3n) is 5.26. The lowest BCUT2D eigenvalue weighted by molar-refractivity contribution is -0.113. The third-order valence-corrected chi connectivity index (χ3v) is 6.19. The standard InChI is InChI=1S/C24H24N6O2S/c1-16(2)12-14-29-22(32)19-5-3-4-6-20(19)30-23(29)27-28-24(30)33-15-21(31)26-18-9-7-17(8-10-18)11-13-25/h3-10,16H,11-12,14-15H2,1-2H3,(H,26,31). The summed E-state index contributed by atoms with van der Waals surface area (Å²) in [6.07, 6.45) is 1.18. The number of aryl methyl sites for hydroxylation is 1. The molecule has 0 radical (unpaired) electrons. The number of anilines is 1. The number of amides is 1. The molecule has 2 aromatic heterocycles. The third kappa shape index (κ3) is 4.91. The van der Waals surface area contributed by atoms with Crippen LogP contribution in [-0.2, 0) is 17.8 Å². The van der Waals surface area contributed by atoms with Crippen LogP contribution in [0.1, 0.15) is 25.8 Å². The zero-order valence-corrected chi connectivity index (χ0v) is 19.3. The molecule has 1 amide bonds. The molecule has 0 atom stereocenters. The summed E-state index contributed by atoms with van der Waals surface area (Å²) in [6.45, 7) is 4.78. The van der Waals surface area contributed by atoms with Crippen molar-refractivity contribution in [3.05, 3.63) is 64.4 Å². The maximum absolute atomic E-state index is 13.1. The number of nitrogens with zero attached hydrogens (tertiary/aromatic N) is 5. The Morgan fingerprint density at radius 3 is 2.64 bits per heavy atom. The summed E-state index contributed by atoms with van der Waals surface area (Å²) >= 11 is 1.27. The molecule has 4 rings (SSSR count). The van der Waals surface area contributed by atoms with E-state index in [1.165, 1.54) is 11.8 Å². The molecular formula is C24H24N6O2S. The average molecular weight is 461 g/mol. The van der Waals surface area contributed by atoms with Crippen molar-refractivity contribution >= 4 is 40.0 Å². The van der Waals surface area contributed by atoms with E-state index >= 15 is 0 Å². The molecule has 0 fully saturated rings. The number of rotatable bonds is 8. The van der Waals surface area contributed by atoms with E-state index in [2.05, 4.69) is 35.4 Å². The van der Waals surface area contributed by atoms with E-state index in [1.54, 1.807) is 22.8 Å². The van der Waals surface area contributed by atoms with Crippen LogP contribution in [0.2, 0.25) is 0 Å². The smallest absolute Gasteiger partial charge is 0.262 e. The number of hydrogen-bond acceptors (Lipinski definition) is 6. The van der Waals surface area contributed by atoms with Gasteiger partial charge in [-0.25, -0.2) is 0 Å². The molecule has 8 nitrogen and oxygen atoms in total. The first-order chi connectivity index (χ1) is 16.0. The number of nitriles is 1. The molecule has 2 heterocycles. The number of thioether (sulfide) groups is 1. The topological polar surface area (TPSA) is 105 Å². The van der Waals surface area contributed by atoms with Crippen LogP contribution in [0.4, 0.5) is 5.69 Å². The zero-order valence-electron chi connectivity index (χ0n) is 18.5. The molecule has 0 aliphatic rings. The summed E-state index contributed by atoms with van der Waals surface area (Å²) in [7, 11) is 0. The number of aromatic nitrogens is 4. The molecule has 0 bridgehead atoms. The zero-order chi connectivity index (χ0) is 23.4. The number of hydrogen-bond donors (Lipinski definition) is 1. The minimum absolute atomic E-state index is 0.0831. The molecule has 1 N–H and O–H groups in total. The van der Waals surface area contributed by atoms with Crippen LogP contribution in [0, 0.1) is 17.2 Å². The highest BCUT2D eigenvalue weighted by Gasteiger charge is 2.17. The average Bonchev–Trinajstić information content (AvgIpc) is 3.23. The number of carbonyl (C=O) groups excluding carboxylic acids is 1. The second kappa shape index (κ2) is 9.88. The van der Waals surface area contributed by atoms with Crippen LogP contribution in [0.15, 0.2) is 58.5 Å². The monoisotopic (exact) mass is 460 g/mol. The van der Waals surface area contributed by atoms with Crippen molar-refractivity contribution in [1.29, 1.82) is 5.26 Å². The van der Waals surface area contributed by atoms with E-state index in [0.29, 0.717) is 40.9 Å². The van der Waals surface area contributed by atoms with Crippen LogP contribution in [0.5, 0.6) is 0 Å². The molecule has 0 saturated heterocycles. The van der Waals surface area contributed by atoms with E-state index in [4.69, 9.17) is 5.26 Å². The largest absolute Gasteiger partial charge is 0.325 e. The fraction of sp³-hybridized carbons (Fsp3) is 0.292. The molecule has 2 aromatic carbocycles. The fourth-order valence-corrected chi connectivity index (χ4v) is 4.28. The quantitative estimate of drug-likeness (QED) is 0.400. The molecule has 168 valence electrons. The maximum Gasteiger partial charge on any atom is 0.262 e. The van der Waals surface area contributed by atoms with Gasteiger partial charge in [0.2, 0.25) is 11.7 Å². The van der Waals surface area contributed by atoms with E-state index in [0.717, 1.165) is 17.5 Å². The molecule has 9 heteroatoms. The molecule has 0 spiro atoms. The predicted molar refractivity (Wildman–Crippen MR) is 129 cm³/mol. The lowest BCUT2D eigenvalue weighted by atomic mass is 10.1. The Labute approximate surface area is 195 Å². The van der Waals surface area contributed by atoms with Crippen molar-refractivity contribution < 1.29 is 4.79 Å². The Hall–Kier alpha value is -3.64. The predicted octanol–water partition coefficient (Wildman–Crippen LogP) is 3.89. The van der Waals surface area contributed by atoms with Gasteiger partial charge in [0.25, 0.3) is 5.56 Å². The summed E-state index contributed by atoms with van der Waals surface area (Å²) in [4.78, 5) is 25.6. The van der Waals surface area contributed by atoms with Crippen molar-refractivity contribution in [3.63, 3.8) is 0 Å². The van der Waals surface area contributed by atoms with Crippen LogP contribution >= 0.6 is 11.8 Å².